The first-order valence-electron chi connectivity index (χ1n) is 10.6. The Balaban J connectivity index is 1.68. The Morgan fingerprint density at radius 2 is 1.68 bits per heavy atom. The molecule has 2 unspecified atom stereocenters. The molecule has 31 heavy (non-hydrogen) atoms. The third-order valence-electron chi connectivity index (χ3n) is 7.45. The molecule has 1 aromatic heterocycles. The summed E-state index contributed by atoms with van der Waals surface area (Å²) in [6, 6.07) is 14.9. The van der Waals surface area contributed by atoms with Crippen LogP contribution in [0.5, 0.6) is 0 Å². The van der Waals surface area contributed by atoms with Crippen molar-refractivity contribution in [3.63, 3.8) is 0 Å². The van der Waals surface area contributed by atoms with Crippen LogP contribution in [0, 0.1) is 5.41 Å². The number of aromatic nitrogens is 2. The van der Waals surface area contributed by atoms with Gasteiger partial charge in [0.2, 0.25) is 5.91 Å². The van der Waals surface area contributed by atoms with Crippen molar-refractivity contribution >= 4 is 28.6 Å². The standard InChI is InChI=1S/C25H25N3O3/c1-24(2)16-13-14-25(24,21-20(16)26-17-10-6-7-11-18(17)27-21)23(30)28(3)19-12-8-5-9-15(19)22(29)31-4/h5-12,16H,13-14H2,1-4H3. The molecule has 1 saturated carbocycles. The molecule has 5 rings (SSSR count). The zero-order chi connectivity index (χ0) is 22.0. The van der Waals surface area contributed by atoms with Crippen LogP contribution in [0.1, 0.15) is 54.4 Å². The minimum atomic E-state index is -0.790. The van der Waals surface area contributed by atoms with Gasteiger partial charge in [-0.05, 0) is 42.5 Å². The highest BCUT2D eigenvalue weighted by Gasteiger charge is 2.68. The molecule has 0 spiro atoms. The molecular weight excluding hydrogens is 390 g/mol. The lowest BCUT2D eigenvalue weighted by atomic mass is 9.67. The van der Waals surface area contributed by atoms with Gasteiger partial charge in [0, 0.05) is 13.0 Å². The van der Waals surface area contributed by atoms with E-state index in [1.807, 2.05) is 30.3 Å². The Bertz CT molecular complexity index is 1240. The number of rotatable bonds is 3. The molecule has 158 valence electrons. The van der Waals surface area contributed by atoms with Crippen molar-refractivity contribution in [3.8, 4) is 0 Å². The summed E-state index contributed by atoms with van der Waals surface area (Å²) < 4.78 is 4.94. The first-order chi connectivity index (χ1) is 14.8. The van der Waals surface area contributed by atoms with E-state index >= 15 is 0 Å². The van der Waals surface area contributed by atoms with Crippen molar-refractivity contribution in [3.05, 3.63) is 65.5 Å². The molecule has 2 aliphatic rings. The smallest absolute Gasteiger partial charge is 0.339 e. The number of benzene rings is 2. The molecule has 2 atom stereocenters. The van der Waals surface area contributed by atoms with Gasteiger partial charge < -0.3 is 9.64 Å². The highest BCUT2D eigenvalue weighted by molar-refractivity contribution is 6.07. The van der Waals surface area contributed by atoms with Crippen LogP contribution in [-0.2, 0) is 14.9 Å². The quantitative estimate of drug-likeness (QED) is 0.599. The highest BCUT2D eigenvalue weighted by atomic mass is 16.5. The van der Waals surface area contributed by atoms with Crippen LogP contribution in [0.4, 0.5) is 5.69 Å². The van der Waals surface area contributed by atoms with Gasteiger partial charge in [-0.25, -0.2) is 14.8 Å². The molecule has 0 aliphatic heterocycles. The number of hydrogen-bond donors (Lipinski definition) is 0. The van der Waals surface area contributed by atoms with Crippen LogP contribution < -0.4 is 4.90 Å². The SMILES string of the molecule is COC(=O)c1ccccc1N(C)C(=O)C12CCC(c3nc4ccccc4nc31)C2(C)C. The molecule has 0 saturated heterocycles. The monoisotopic (exact) mass is 415 g/mol. The fourth-order valence-electron chi connectivity index (χ4n) is 5.74. The number of carbonyl (C=O) groups excluding carboxylic acids is 2. The van der Waals surface area contributed by atoms with Crippen LogP contribution in [-0.4, -0.2) is 36.0 Å². The van der Waals surface area contributed by atoms with Crippen LogP contribution in [0.15, 0.2) is 48.5 Å². The van der Waals surface area contributed by atoms with Gasteiger partial charge in [0.25, 0.3) is 0 Å². The minimum absolute atomic E-state index is 0.0558. The zero-order valence-corrected chi connectivity index (χ0v) is 18.2. The van der Waals surface area contributed by atoms with E-state index in [0.717, 1.165) is 28.8 Å². The predicted molar refractivity (Wildman–Crippen MR) is 118 cm³/mol. The van der Waals surface area contributed by atoms with Gasteiger partial charge in [-0.15, -0.1) is 0 Å². The normalized spacial score (nSPS) is 22.9. The molecule has 0 N–H and O–H groups in total. The molecule has 0 radical (unpaired) electrons. The fraction of sp³-hybridized carbons (Fsp3) is 0.360. The number of esters is 1. The summed E-state index contributed by atoms with van der Waals surface area (Å²) in [5.74, 6) is -0.346. The van der Waals surface area contributed by atoms with Crippen molar-refractivity contribution in [2.24, 2.45) is 5.41 Å². The van der Waals surface area contributed by atoms with Gasteiger partial charge in [-0.1, -0.05) is 38.1 Å². The molecule has 2 bridgehead atoms. The summed E-state index contributed by atoms with van der Waals surface area (Å²) in [7, 11) is 3.08. The number of nitrogens with zero attached hydrogens (tertiary/aromatic N) is 3. The van der Waals surface area contributed by atoms with Crippen LogP contribution in [0.25, 0.3) is 11.0 Å². The van der Waals surface area contributed by atoms with E-state index in [-0.39, 0.29) is 17.2 Å². The number of amides is 1. The van der Waals surface area contributed by atoms with Crippen LogP contribution in [0.2, 0.25) is 0 Å². The summed E-state index contributed by atoms with van der Waals surface area (Å²) in [4.78, 5) is 38.1. The number of fused-ring (bicyclic) bond motifs is 6. The maximum absolute atomic E-state index is 14.2. The Morgan fingerprint density at radius 3 is 2.39 bits per heavy atom. The third-order valence-corrected chi connectivity index (χ3v) is 7.45. The third kappa shape index (κ3) is 2.44. The lowest BCUT2D eigenvalue weighted by Crippen LogP contribution is -2.50. The Morgan fingerprint density at radius 1 is 1.03 bits per heavy atom. The average Bonchev–Trinajstić information content (AvgIpc) is 3.17. The number of ether oxygens (including phenoxy) is 1. The first-order valence-corrected chi connectivity index (χ1v) is 10.6. The molecule has 1 amide bonds. The fourth-order valence-corrected chi connectivity index (χ4v) is 5.74. The van der Waals surface area contributed by atoms with Crippen molar-refractivity contribution in [1.82, 2.24) is 9.97 Å². The van der Waals surface area contributed by atoms with Crippen molar-refractivity contribution in [1.29, 1.82) is 0 Å². The van der Waals surface area contributed by atoms with Gasteiger partial charge in [-0.2, -0.15) is 0 Å². The van der Waals surface area contributed by atoms with Gasteiger partial charge in [0.1, 0.15) is 0 Å². The summed E-state index contributed by atoms with van der Waals surface area (Å²) in [6.07, 6.45) is 1.61. The maximum Gasteiger partial charge on any atom is 0.339 e. The molecule has 6 heteroatoms. The number of hydrogen-bond acceptors (Lipinski definition) is 5. The molecule has 1 fully saturated rings. The molecule has 6 nitrogen and oxygen atoms in total. The van der Waals surface area contributed by atoms with E-state index in [1.165, 1.54) is 7.11 Å². The lowest BCUT2D eigenvalue weighted by Gasteiger charge is -2.39. The summed E-state index contributed by atoms with van der Waals surface area (Å²) >= 11 is 0. The van der Waals surface area contributed by atoms with Crippen LogP contribution in [0.3, 0.4) is 0 Å². The number of carbonyl (C=O) groups is 2. The Labute approximate surface area is 181 Å². The van der Waals surface area contributed by atoms with Crippen molar-refractivity contribution in [2.45, 2.75) is 38.0 Å². The Kier molecular flexibility index (Phi) is 4.19. The van der Waals surface area contributed by atoms with Gasteiger partial charge in [-0.3, -0.25) is 4.79 Å². The molecule has 1 heterocycles. The largest absolute Gasteiger partial charge is 0.465 e. The zero-order valence-electron chi connectivity index (χ0n) is 18.2. The summed E-state index contributed by atoms with van der Waals surface area (Å²) in [6.45, 7) is 4.30. The second-order valence-electron chi connectivity index (χ2n) is 9.04. The van der Waals surface area contributed by atoms with E-state index < -0.39 is 11.4 Å². The number of para-hydroxylation sites is 3. The average molecular weight is 415 g/mol. The molecule has 3 aromatic rings. The highest BCUT2D eigenvalue weighted by Crippen LogP contribution is 2.67. The first kappa shape index (κ1) is 19.7. The topological polar surface area (TPSA) is 72.4 Å². The van der Waals surface area contributed by atoms with E-state index in [4.69, 9.17) is 14.7 Å². The molecular formula is C25H25N3O3. The number of anilines is 1. The van der Waals surface area contributed by atoms with Gasteiger partial charge in [0.15, 0.2) is 0 Å². The van der Waals surface area contributed by atoms with Crippen molar-refractivity contribution < 1.29 is 14.3 Å². The van der Waals surface area contributed by atoms with E-state index in [0.29, 0.717) is 17.7 Å². The molecule has 2 aliphatic carbocycles. The molecule has 2 aromatic carbocycles. The number of likely N-dealkylation sites (N-methyl/N-ethyl adjacent to an activating group) is 1. The van der Waals surface area contributed by atoms with E-state index in [9.17, 15) is 9.59 Å². The Hall–Kier alpha value is -3.28. The summed E-state index contributed by atoms with van der Waals surface area (Å²) in [5, 5.41) is 0. The maximum atomic E-state index is 14.2. The second-order valence-corrected chi connectivity index (χ2v) is 9.04. The van der Waals surface area contributed by atoms with Crippen molar-refractivity contribution in [2.75, 3.05) is 19.1 Å². The van der Waals surface area contributed by atoms with E-state index in [1.54, 1.807) is 30.1 Å². The minimum Gasteiger partial charge on any atom is -0.465 e. The van der Waals surface area contributed by atoms with Gasteiger partial charge in [0.05, 0.1) is 46.2 Å². The summed E-state index contributed by atoms with van der Waals surface area (Å²) in [5.41, 5.74) is 3.17. The van der Waals surface area contributed by atoms with Crippen LogP contribution >= 0.6 is 0 Å². The van der Waals surface area contributed by atoms with E-state index in [2.05, 4.69) is 13.8 Å². The predicted octanol–water partition coefficient (Wildman–Crippen LogP) is 4.23. The lowest BCUT2D eigenvalue weighted by molar-refractivity contribution is -0.126. The number of methoxy groups -OCH3 is 1. The second kappa shape index (κ2) is 6.61. The van der Waals surface area contributed by atoms with Gasteiger partial charge >= 0.3 is 5.97 Å².